The lowest BCUT2D eigenvalue weighted by Gasteiger charge is -2.26. The molecule has 9 heteroatoms. The number of sulfonamides is 1. The molecule has 0 unspecified atom stereocenters. The third-order valence-electron chi connectivity index (χ3n) is 3.68. The van der Waals surface area contributed by atoms with Crippen molar-refractivity contribution in [3.63, 3.8) is 0 Å². The molecule has 6 nitrogen and oxygen atoms in total. The SMILES string of the molecule is CCCCSCC(=O)Nc1ccc(Cl)c(S(=O)(=O)N2CCOCC2)c1. The molecule has 140 valence electrons. The Morgan fingerprint density at radius 3 is 2.76 bits per heavy atom. The lowest BCUT2D eigenvalue weighted by Crippen LogP contribution is -2.40. The first-order valence-electron chi connectivity index (χ1n) is 8.20. The summed E-state index contributed by atoms with van der Waals surface area (Å²) in [5, 5.41) is 2.88. The number of benzene rings is 1. The zero-order valence-electron chi connectivity index (χ0n) is 14.2. The van der Waals surface area contributed by atoms with E-state index in [2.05, 4.69) is 12.2 Å². The predicted molar refractivity (Wildman–Crippen MR) is 102 cm³/mol. The molecule has 0 spiro atoms. The first kappa shape index (κ1) is 20.5. The first-order chi connectivity index (χ1) is 11.9. The minimum absolute atomic E-state index is 0.00695. The highest BCUT2D eigenvalue weighted by Gasteiger charge is 2.28. The van der Waals surface area contributed by atoms with Crippen molar-refractivity contribution in [1.82, 2.24) is 4.31 Å². The zero-order chi connectivity index (χ0) is 18.3. The van der Waals surface area contributed by atoms with Crippen molar-refractivity contribution in [2.45, 2.75) is 24.7 Å². The summed E-state index contributed by atoms with van der Waals surface area (Å²) in [6, 6.07) is 4.52. The van der Waals surface area contributed by atoms with Crippen LogP contribution in [0.2, 0.25) is 5.02 Å². The molecule has 1 aromatic rings. The molecule has 1 N–H and O–H groups in total. The number of hydrogen-bond donors (Lipinski definition) is 1. The normalized spacial score (nSPS) is 15.9. The number of rotatable bonds is 8. The van der Waals surface area contributed by atoms with Crippen LogP contribution in [-0.4, -0.2) is 56.4 Å². The van der Waals surface area contributed by atoms with E-state index in [9.17, 15) is 13.2 Å². The van der Waals surface area contributed by atoms with E-state index in [4.69, 9.17) is 16.3 Å². The Morgan fingerprint density at radius 2 is 2.08 bits per heavy atom. The molecule has 1 amide bonds. The van der Waals surface area contributed by atoms with E-state index >= 15 is 0 Å². The van der Waals surface area contributed by atoms with Crippen LogP contribution >= 0.6 is 23.4 Å². The van der Waals surface area contributed by atoms with Gasteiger partial charge in [0.15, 0.2) is 0 Å². The van der Waals surface area contributed by atoms with E-state index in [0.717, 1.165) is 18.6 Å². The highest BCUT2D eigenvalue weighted by Crippen LogP contribution is 2.28. The maximum absolute atomic E-state index is 12.8. The van der Waals surface area contributed by atoms with Gasteiger partial charge in [-0.25, -0.2) is 8.42 Å². The van der Waals surface area contributed by atoms with Gasteiger partial charge in [-0.15, -0.1) is 0 Å². The minimum atomic E-state index is -3.71. The number of amides is 1. The van der Waals surface area contributed by atoms with Gasteiger partial charge in [0.05, 0.1) is 24.0 Å². The molecule has 0 bridgehead atoms. The van der Waals surface area contributed by atoms with Gasteiger partial charge in [-0.1, -0.05) is 24.9 Å². The van der Waals surface area contributed by atoms with Crippen LogP contribution in [0.15, 0.2) is 23.1 Å². The molecule has 0 atom stereocenters. The summed E-state index contributed by atoms with van der Waals surface area (Å²) < 4.78 is 32.1. The molecule has 0 radical (unpaired) electrons. The Balaban J connectivity index is 2.07. The molecule has 1 aliphatic rings. The number of nitrogens with one attached hydrogen (secondary N) is 1. The van der Waals surface area contributed by atoms with Crippen LogP contribution in [0, 0.1) is 0 Å². The zero-order valence-corrected chi connectivity index (χ0v) is 16.6. The maximum Gasteiger partial charge on any atom is 0.244 e. The Morgan fingerprint density at radius 1 is 1.36 bits per heavy atom. The number of ether oxygens (including phenoxy) is 1. The van der Waals surface area contributed by atoms with Crippen molar-refractivity contribution in [2.75, 3.05) is 43.1 Å². The molecule has 1 saturated heterocycles. The van der Waals surface area contributed by atoms with Crippen LogP contribution in [0.1, 0.15) is 19.8 Å². The van der Waals surface area contributed by atoms with E-state index in [-0.39, 0.29) is 15.8 Å². The monoisotopic (exact) mass is 406 g/mol. The summed E-state index contributed by atoms with van der Waals surface area (Å²) in [6.45, 7) is 3.42. The van der Waals surface area contributed by atoms with E-state index < -0.39 is 10.0 Å². The van der Waals surface area contributed by atoms with Gasteiger partial charge in [-0.05, 0) is 30.4 Å². The number of morpholine rings is 1. The molecule has 0 saturated carbocycles. The van der Waals surface area contributed by atoms with Crippen LogP contribution in [0.5, 0.6) is 0 Å². The topological polar surface area (TPSA) is 75.7 Å². The minimum Gasteiger partial charge on any atom is -0.379 e. The van der Waals surface area contributed by atoms with Gasteiger partial charge in [0.2, 0.25) is 15.9 Å². The predicted octanol–water partition coefficient (Wildman–Crippen LogP) is 2.83. The van der Waals surface area contributed by atoms with Crippen LogP contribution in [0.4, 0.5) is 5.69 Å². The number of halogens is 1. The Labute approximate surface area is 158 Å². The molecule has 25 heavy (non-hydrogen) atoms. The largest absolute Gasteiger partial charge is 0.379 e. The van der Waals surface area contributed by atoms with Gasteiger partial charge in [0.25, 0.3) is 0 Å². The van der Waals surface area contributed by atoms with Crippen molar-refractivity contribution in [3.05, 3.63) is 23.2 Å². The molecule has 0 aromatic heterocycles. The lowest BCUT2D eigenvalue weighted by molar-refractivity contribution is -0.113. The lowest BCUT2D eigenvalue weighted by atomic mass is 10.3. The average molecular weight is 407 g/mol. The van der Waals surface area contributed by atoms with Gasteiger partial charge in [-0.3, -0.25) is 4.79 Å². The fourth-order valence-corrected chi connectivity index (χ4v) is 5.12. The fraction of sp³-hybridized carbons (Fsp3) is 0.562. The van der Waals surface area contributed by atoms with Gasteiger partial charge in [0.1, 0.15) is 4.90 Å². The molecular formula is C16H23ClN2O4S2. The Hall–Kier alpha value is -0.800. The second-order valence-electron chi connectivity index (χ2n) is 5.62. The molecular weight excluding hydrogens is 384 g/mol. The van der Waals surface area contributed by atoms with Crippen LogP contribution in [0.25, 0.3) is 0 Å². The highest BCUT2D eigenvalue weighted by molar-refractivity contribution is 7.99. The molecule has 1 fully saturated rings. The summed E-state index contributed by atoms with van der Waals surface area (Å²) in [7, 11) is -3.71. The van der Waals surface area contributed by atoms with Crippen molar-refractivity contribution < 1.29 is 17.9 Å². The van der Waals surface area contributed by atoms with Crippen molar-refractivity contribution in [1.29, 1.82) is 0 Å². The van der Waals surface area contributed by atoms with Gasteiger partial charge < -0.3 is 10.1 Å². The Bertz CT molecular complexity index is 691. The third-order valence-corrected chi connectivity index (χ3v) is 7.10. The number of carbonyl (C=O) groups is 1. The third kappa shape index (κ3) is 5.86. The van der Waals surface area contributed by atoms with Gasteiger partial charge >= 0.3 is 0 Å². The van der Waals surface area contributed by atoms with Crippen molar-refractivity contribution in [2.24, 2.45) is 0 Å². The summed E-state index contributed by atoms with van der Waals surface area (Å²) >= 11 is 7.66. The summed E-state index contributed by atoms with van der Waals surface area (Å²) in [6.07, 6.45) is 2.16. The quantitative estimate of drug-likeness (QED) is 0.672. The molecule has 1 heterocycles. The van der Waals surface area contributed by atoms with Crippen LogP contribution in [-0.2, 0) is 19.6 Å². The number of anilines is 1. The smallest absolute Gasteiger partial charge is 0.244 e. The highest BCUT2D eigenvalue weighted by atomic mass is 35.5. The molecule has 0 aliphatic carbocycles. The molecule has 2 rings (SSSR count). The van der Waals surface area contributed by atoms with E-state index in [1.165, 1.54) is 16.4 Å². The second-order valence-corrected chi connectivity index (χ2v) is 9.03. The standard InChI is InChI=1S/C16H23ClN2O4S2/c1-2-3-10-24-12-16(20)18-13-4-5-14(17)15(11-13)25(21,22)19-6-8-23-9-7-19/h4-5,11H,2-3,6-10,12H2,1H3,(H,18,20). The maximum atomic E-state index is 12.8. The van der Waals surface area contributed by atoms with E-state index in [1.807, 2.05) is 0 Å². The summed E-state index contributed by atoms with van der Waals surface area (Å²) in [4.78, 5) is 12.0. The van der Waals surface area contributed by atoms with E-state index in [1.54, 1.807) is 17.8 Å². The van der Waals surface area contributed by atoms with E-state index in [0.29, 0.717) is 37.7 Å². The Kier molecular flexibility index (Phi) is 8.02. The number of nitrogens with zero attached hydrogens (tertiary/aromatic N) is 1. The molecule has 1 aliphatic heterocycles. The first-order valence-corrected chi connectivity index (χ1v) is 11.2. The number of thioether (sulfide) groups is 1. The molecule has 1 aromatic carbocycles. The second kappa shape index (κ2) is 9.78. The van der Waals surface area contributed by atoms with Crippen molar-refractivity contribution in [3.8, 4) is 0 Å². The van der Waals surface area contributed by atoms with Crippen LogP contribution in [0.3, 0.4) is 0 Å². The van der Waals surface area contributed by atoms with Gasteiger partial charge in [-0.2, -0.15) is 16.1 Å². The van der Waals surface area contributed by atoms with Crippen molar-refractivity contribution >= 4 is 45.0 Å². The number of hydrogen-bond acceptors (Lipinski definition) is 5. The fourth-order valence-electron chi connectivity index (χ4n) is 2.31. The summed E-state index contributed by atoms with van der Waals surface area (Å²) in [5.41, 5.74) is 0.428. The number of unbranched alkanes of at least 4 members (excludes halogenated alkanes) is 1. The van der Waals surface area contributed by atoms with Crippen LogP contribution < -0.4 is 5.32 Å². The summed E-state index contributed by atoms with van der Waals surface area (Å²) in [5.74, 6) is 1.12. The van der Waals surface area contributed by atoms with Gasteiger partial charge in [0, 0.05) is 18.8 Å². The number of carbonyl (C=O) groups excluding carboxylic acids is 1. The average Bonchev–Trinajstić information content (AvgIpc) is 2.61.